The number of hydrogen-bond donors (Lipinski definition) is 1. The number of likely N-dealkylation sites (N-methyl/N-ethyl adjacent to an activating group) is 1. The summed E-state index contributed by atoms with van der Waals surface area (Å²) >= 11 is 0. The number of ether oxygens (including phenoxy) is 1. The average molecular weight is 354 g/mol. The Bertz CT molecular complexity index is 967. The van der Waals surface area contributed by atoms with Crippen LogP contribution in [0.2, 0.25) is 0 Å². The number of rotatable bonds is 5. The van der Waals surface area contributed by atoms with Gasteiger partial charge in [-0.25, -0.2) is 14.8 Å². The molecule has 0 atom stereocenters. The van der Waals surface area contributed by atoms with E-state index in [1.807, 2.05) is 0 Å². The maximum Gasteiger partial charge on any atom is 0.415 e. The summed E-state index contributed by atoms with van der Waals surface area (Å²) in [5.74, 6) is 0.931. The molecule has 0 unspecified atom stereocenters. The van der Waals surface area contributed by atoms with Gasteiger partial charge in [0.15, 0.2) is 0 Å². The van der Waals surface area contributed by atoms with E-state index in [0.717, 1.165) is 15.6 Å². The predicted octanol–water partition coefficient (Wildman–Crippen LogP) is 2.77. The zero-order valence-corrected chi connectivity index (χ0v) is 14.4. The largest absolute Gasteiger partial charge is 0.464 e. The molecule has 134 valence electrons. The third kappa shape index (κ3) is 3.80. The van der Waals surface area contributed by atoms with Crippen molar-refractivity contribution in [3.05, 3.63) is 48.5 Å². The lowest BCUT2D eigenvalue weighted by Crippen LogP contribution is -2.26. The summed E-state index contributed by atoms with van der Waals surface area (Å²) in [6.07, 6.45) is 2.46. The van der Waals surface area contributed by atoms with E-state index in [9.17, 15) is 9.59 Å². The first kappa shape index (κ1) is 17.4. The summed E-state index contributed by atoms with van der Waals surface area (Å²) in [6, 6.07) is 8.55. The lowest BCUT2D eigenvalue weighted by Gasteiger charge is -2.14. The van der Waals surface area contributed by atoms with E-state index in [1.165, 1.54) is 19.4 Å². The van der Waals surface area contributed by atoms with Crippen LogP contribution in [-0.4, -0.2) is 50.1 Å². The van der Waals surface area contributed by atoms with E-state index >= 15 is 0 Å². The molecule has 1 amide bonds. The minimum Gasteiger partial charge on any atom is -0.464 e. The molecule has 0 aliphatic carbocycles. The topological polar surface area (TPSA) is 97.5 Å². The molecule has 0 fully saturated rings. The average Bonchev–Trinajstić information content (AvgIpc) is 3.03. The lowest BCUT2D eigenvalue weighted by atomic mass is 10.2. The highest BCUT2D eigenvalue weighted by molar-refractivity contribution is 5.89. The van der Waals surface area contributed by atoms with Crippen LogP contribution in [0.1, 0.15) is 12.6 Å². The molecular weight excluding hydrogens is 336 g/mol. The number of carboxylic acid groups (broad SMARTS) is 1. The number of aromatic nitrogens is 3. The van der Waals surface area contributed by atoms with Gasteiger partial charge in [0.25, 0.3) is 0 Å². The number of amides is 1. The minimum absolute atomic E-state index is 0.00266. The van der Waals surface area contributed by atoms with Gasteiger partial charge in [-0.2, -0.15) is 0 Å². The number of carbonyl (C=O) groups is 2. The van der Waals surface area contributed by atoms with Crippen molar-refractivity contribution in [2.45, 2.75) is 13.3 Å². The van der Waals surface area contributed by atoms with Gasteiger partial charge in [-0.05, 0) is 24.3 Å². The Morgan fingerprint density at radius 3 is 2.77 bits per heavy atom. The Morgan fingerprint density at radius 2 is 2.04 bits per heavy atom. The van der Waals surface area contributed by atoms with Gasteiger partial charge in [-0.1, -0.05) is 0 Å². The summed E-state index contributed by atoms with van der Waals surface area (Å²) in [4.78, 5) is 32.3. The van der Waals surface area contributed by atoms with E-state index in [0.29, 0.717) is 30.1 Å². The smallest absolute Gasteiger partial charge is 0.415 e. The standard InChI is InChI=1S/C18H18N4O4/c1-12(23)21(2)7-6-14-10-17(20-11-19-14)26-15-3-4-16-13(9-15)5-8-22(16)18(24)25/h3-5,8-11H,6-7H2,1-2H3,(H,24,25). The van der Waals surface area contributed by atoms with Gasteiger partial charge in [0, 0.05) is 50.3 Å². The second-order valence-corrected chi connectivity index (χ2v) is 5.83. The molecule has 3 rings (SSSR count). The molecule has 1 N–H and O–H groups in total. The molecule has 2 heterocycles. The number of nitrogens with zero attached hydrogens (tertiary/aromatic N) is 4. The molecule has 3 aromatic rings. The molecule has 8 nitrogen and oxygen atoms in total. The van der Waals surface area contributed by atoms with Crippen LogP contribution >= 0.6 is 0 Å². The van der Waals surface area contributed by atoms with Crippen LogP contribution in [0.15, 0.2) is 42.9 Å². The normalized spacial score (nSPS) is 10.7. The predicted molar refractivity (Wildman–Crippen MR) is 94.5 cm³/mol. The van der Waals surface area contributed by atoms with Crippen molar-refractivity contribution in [2.24, 2.45) is 0 Å². The van der Waals surface area contributed by atoms with Crippen molar-refractivity contribution in [3.63, 3.8) is 0 Å². The number of benzene rings is 1. The van der Waals surface area contributed by atoms with Crippen LogP contribution in [-0.2, 0) is 11.2 Å². The second kappa shape index (κ2) is 7.22. The molecule has 26 heavy (non-hydrogen) atoms. The van der Waals surface area contributed by atoms with Gasteiger partial charge >= 0.3 is 6.09 Å². The molecule has 0 saturated carbocycles. The molecule has 0 bridgehead atoms. The fourth-order valence-electron chi connectivity index (χ4n) is 2.48. The highest BCUT2D eigenvalue weighted by atomic mass is 16.5. The molecular formula is C18H18N4O4. The zero-order chi connectivity index (χ0) is 18.7. The molecule has 0 spiro atoms. The van der Waals surface area contributed by atoms with E-state index in [2.05, 4.69) is 9.97 Å². The van der Waals surface area contributed by atoms with Gasteiger partial charge in [0.1, 0.15) is 12.1 Å². The number of fused-ring (bicyclic) bond motifs is 1. The molecule has 0 saturated heterocycles. The first-order chi connectivity index (χ1) is 12.4. The Labute approximate surface area is 149 Å². The van der Waals surface area contributed by atoms with Crippen molar-refractivity contribution in [3.8, 4) is 11.6 Å². The number of carbonyl (C=O) groups excluding carboxylic acids is 1. The van der Waals surface area contributed by atoms with Crippen molar-refractivity contribution in [2.75, 3.05) is 13.6 Å². The fourth-order valence-corrected chi connectivity index (χ4v) is 2.48. The molecule has 0 aliphatic heterocycles. The fraction of sp³-hybridized carbons (Fsp3) is 0.222. The second-order valence-electron chi connectivity index (χ2n) is 5.83. The summed E-state index contributed by atoms with van der Waals surface area (Å²) < 4.78 is 6.91. The first-order valence-corrected chi connectivity index (χ1v) is 7.99. The van der Waals surface area contributed by atoms with Gasteiger partial charge in [-0.3, -0.25) is 9.36 Å². The van der Waals surface area contributed by atoms with Crippen molar-refractivity contribution in [1.82, 2.24) is 19.4 Å². The van der Waals surface area contributed by atoms with E-state index in [1.54, 1.807) is 42.3 Å². The monoisotopic (exact) mass is 354 g/mol. The third-order valence-corrected chi connectivity index (χ3v) is 4.03. The van der Waals surface area contributed by atoms with Crippen molar-refractivity contribution >= 4 is 22.9 Å². The molecule has 0 aliphatic rings. The molecule has 2 aromatic heterocycles. The Hall–Kier alpha value is -3.42. The van der Waals surface area contributed by atoms with Crippen LogP contribution in [0, 0.1) is 0 Å². The van der Waals surface area contributed by atoms with Crippen molar-refractivity contribution < 1.29 is 19.4 Å². The van der Waals surface area contributed by atoms with Gasteiger partial charge in [-0.15, -0.1) is 0 Å². The summed E-state index contributed by atoms with van der Waals surface area (Å²) in [6.45, 7) is 2.07. The van der Waals surface area contributed by atoms with Crippen LogP contribution in [0.25, 0.3) is 10.9 Å². The maximum absolute atomic E-state index is 11.3. The molecule has 8 heteroatoms. The minimum atomic E-state index is -1.04. The highest BCUT2D eigenvalue weighted by Crippen LogP contribution is 2.25. The van der Waals surface area contributed by atoms with Crippen LogP contribution in [0.5, 0.6) is 11.6 Å². The molecule has 1 aromatic carbocycles. The molecule has 0 radical (unpaired) electrons. The van der Waals surface area contributed by atoms with Gasteiger partial charge < -0.3 is 14.7 Å². The lowest BCUT2D eigenvalue weighted by molar-refractivity contribution is -0.127. The highest BCUT2D eigenvalue weighted by Gasteiger charge is 2.09. The van der Waals surface area contributed by atoms with Crippen molar-refractivity contribution in [1.29, 1.82) is 0 Å². The van der Waals surface area contributed by atoms with Gasteiger partial charge in [0.05, 0.1) is 5.52 Å². The first-order valence-electron chi connectivity index (χ1n) is 7.99. The Morgan fingerprint density at radius 1 is 1.23 bits per heavy atom. The van der Waals surface area contributed by atoms with Crippen LogP contribution in [0.3, 0.4) is 0 Å². The van der Waals surface area contributed by atoms with Crippen LogP contribution < -0.4 is 4.74 Å². The number of hydrogen-bond acceptors (Lipinski definition) is 5. The Kier molecular flexibility index (Phi) is 4.83. The van der Waals surface area contributed by atoms with E-state index in [-0.39, 0.29) is 5.91 Å². The van der Waals surface area contributed by atoms with Crippen LogP contribution in [0.4, 0.5) is 4.79 Å². The maximum atomic E-state index is 11.3. The van der Waals surface area contributed by atoms with E-state index in [4.69, 9.17) is 9.84 Å². The summed E-state index contributed by atoms with van der Waals surface area (Å²) in [5.41, 5.74) is 1.35. The zero-order valence-electron chi connectivity index (χ0n) is 14.4. The third-order valence-electron chi connectivity index (χ3n) is 4.03. The summed E-state index contributed by atoms with van der Waals surface area (Å²) in [5, 5.41) is 9.87. The van der Waals surface area contributed by atoms with Gasteiger partial charge in [0.2, 0.25) is 11.8 Å². The van der Waals surface area contributed by atoms with E-state index < -0.39 is 6.09 Å². The Balaban J connectivity index is 1.74. The SMILES string of the molecule is CC(=O)N(C)CCc1cc(Oc2ccc3c(ccn3C(=O)O)c2)ncn1. The summed E-state index contributed by atoms with van der Waals surface area (Å²) in [7, 11) is 1.74. The quantitative estimate of drug-likeness (QED) is 0.757.